The fourth-order valence-electron chi connectivity index (χ4n) is 4.16. The van der Waals surface area contributed by atoms with Crippen molar-refractivity contribution in [3.8, 4) is 0 Å². The maximum Gasteiger partial charge on any atom is 0.252 e. The highest BCUT2D eigenvalue weighted by molar-refractivity contribution is 6.08. The first-order valence-electron chi connectivity index (χ1n) is 9.98. The molecule has 7 nitrogen and oxygen atoms in total. The number of hydrogen-bond acceptors (Lipinski definition) is 5. The number of amides is 2. The quantitative estimate of drug-likeness (QED) is 0.841. The molecule has 2 amide bonds. The van der Waals surface area contributed by atoms with Gasteiger partial charge in [0.25, 0.3) is 5.91 Å². The Labute approximate surface area is 170 Å². The Morgan fingerprint density at radius 1 is 1.21 bits per heavy atom. The first-order chi connectivity index (χ1) is 14.1. The molecule has 2 aliphatic heterocycles. The lowest BCUT2D eigenvalue weighted by Crippen LogP contribution is -2.62. The van der Waals surface area contributed by atoms with E-state index in [1.54, 1.807) is 19.5 Å². The molecule has 2 aliphatic rings. The van der Waals surface area contributed by atoms with E-state index >= 15 is 0 Å². The number of ether oxygens (including phenoxy) is 1. The van der Waals surface area contributed by atoms with Crippen molar-refractivity contribution in [2.24, 2.45) is 0 Å². The molecule has 0 saturated carbocycles. The molecule has 0 radical (unpaired) electrons. The number of nitrogens with one attached hydrogen (secondary N) is 1. The average molecular weight is 394 g/mol. The van der Waals surface area contributed by atoms with Crippen LogP contribution in [0.1, 0.15) is 18.4 Å². The molecule has 0 unspecified atom stereocenters. The van der Waals surface area contributed by atoms with Crippen molar-refractivity contribution in [1.82, 2.24) is 9.88 Å². The van der Waals surface area contributed by atoms with E-state index in [0.717, 1.165) is 16.9 Å². The summed E-state index contributed by atoms with van der Waals surface area (Å²) in [6, 6.07) is 11.6. The van der Waals surface area contributed by atoms with Crippen LogP contribution in [0.4, 0.5) is 11.4 Å². The zero-order chi connectivity index (χ0) is 20.3. The molecule has 3 heterocycles. The summed E-state index contributed by atoms with van der Waals surface area (Å²) in [5, 5.41) is 3.50. The minimum atomic E-state index is -0.673. The maximum absolute atomic E-state index is 13.4. The third kappa shape index (κ3) is 3.82. The number of piperidine rings is 1. The van der Waals surface area contributed by atoms with Gasteiger partial charge in [-0.2, -0.15) is 0 Å². The monoisotopic (exact) mass is 394 g/mol. The number of rotatable bonds is 5. The number of likely N-dealkylation sites (tertiary alicyclic amines) is 1. The second-order valence-electron chi connectivity index (χ2n) is 7.59. The number of aromatic nitrogens is 1. The number of para-hydroxylation sites is 2. The lowest BCUT2D eigenvalue weighted by Gasteiger charge is -2.47. The number of methoxy groups -OCH3 is 1. The van der Waals surface area contributed by atoms with Crippen molar-refractivity contribution in [2.75, 3.05) is 43.6 Å². The van der Waals surface area contributed by atoms with Crippen LogP contribution in [0, 0.1) is 0 Å². The first kappa shape index (κ1) is 19.4. The van der Waals surface area contributed by atoms with E-state index in [1.165, 1.54) is 0 Å². The largest absolute Gasteiger partial charge is 0.383 e. The van der Waals surface area contributed by atoms with Gasteiger partial charge in [0.05, 0.1) is 24.4 Å². The summed E-state index contributed by atoms with van der Waals surface area (Å²) in [5.41, 5.74) is 2.07. The van der Waals surface area contributed by atoms with Gasteiger partial charge in [0.1, 0.15) is 5.54 Å². The Morgan fingerprint density at radius 2 is 2.00 bits per heavy atom. The molecule has 4 rings (SSSR count). The molecule has 7 heteroatoms. The lowest BCUT2D eigenvalue weighted by molar-refractivity contribution is -0.134. The van der Waals surface area contributed by atoms with Crippen LogP contribution < -0.4 is 10.2 Å². The molecule has 1 spiro atoms. The number of carbonyl (C=O) groups excluding carboxylic acids is 2. The second kappa shape index (κ2) is 8.21. The Kier molecular flexibility index (Phi) is 5.49. The van der Waals surface area contributed by atoms with E-state index < -0.39 is 5.54 Å². The van der Waals surface area contributed by atoms with Gasteiger partial charge >= 0.3 is 0 Å². The van der Waals surface area contributed by atoms with E-state index in [0.29, 0.717) is 45.5 Å². The molecule has 0 bridgehead atoms. The van der Waals surface area contributed by atoms with Gasteiger partial charge in [-0.25, -0.2) is 0 Å². The van der Waals surface area contributed by atoms with Crippen LogP contribution >= 0.6 is 0 Å². The molecular formula is C22H26N4O3. The van der Waals surface area contributed by atoms with Crippen LogP contribution in [0.3, 0.4) is 0 Å². The fourth-order valence-corrected chi connectivity index (χ4v) is 4.16. The number of fused-ring (bicyclic) bond motifs is 1. The maximum atomic E-state index is 13.4. The second-order valence-corrected chi connectivity index (χ2v) is 7.59. The molecule has 1 aromatic carbocycles. The van der Waals surface area contributed by atoms with Gasteiger partial charge in [-0.05, 0) is 36.6 Å². The van der Waals surface area contributed by atoms with Gasteiger partial charge in [-0.3, -0.25) is 14.6 Å². The van der Waals surface area contributed by atoms with Crippen LogP contribution in [0.25, 0.3) is 0 Å². The number of benzene rings is 1. The highest BCUT2D eigenvalue weighted by Gasteiger charge is 2.48. The summed E-state index contributed by atoms with van der Waals surface area (Å²) in [6.45, 7) is 2.10. The summed E-state index contributed by atoms with van der Waals surface area (Å²) in [5.74, 6) is 0.139. The molecule has 1 fully saturated rings. The van der Waals surface area contributed by atoms with Gasteiger partial charge < -0.3 is 19.9 Å². The number of pyridine rings is 1. The SMILES string of the molecule is COCCN1C(=O)C2(CCN(C(=O)Cc3cccnc3)CC2)Nc2ccccc21. The fraction of sp³-hybridized carbons (Fsp3) is 0.409. The molecule has 0 aliphatic carbocycles. The average Bonchev–Trinajstić information content (AvgIpc) is 2.75. The van der Waals surface area contributed by atoms with Gasteiger partial charge in [0, 0.05) is 39.1 Å². The molecule has 0 atom stereocenters. The normalized spacial score (nSPS) is 17.8. The number of hydrogen-bond donors (Lipinski definition) is 1. The van der Waals surface area contributed by atoms with Gasteiger partial charge in [0.2, 0.25) is 5.91 Å². The Bertz CT molecular complexity index is 879. The summed E-state index contributed by atoms with van der Waals surface area (Å²) in [7, 11) is 1.64. The van der Waals surface area contributed by atoms with Gasteiger partial charge in [-0.15, -0.1) is 0 Å². The highest BCUT2D eigenvalue weighted by atomic mass is 16.5. The van der Waals surface area contributed by atoms with E-state index in [-0.39, 0.29) is 11.8 Å². The Hall–Kier alpha value is -2.93. The van der Waals surface area contributed by atoms with Crippen LogP contribution in [0.2, 0.25) is 0 Å². The van der Waals surface area contributed by atoms with Crippen molar-refractivity contribution in [3.05, 3.63) is 54.4 Å². The predicted octanol–water partition coefficient (Wildman–Crippen LogP) is 2.09. The van der Waals surface area contributed by atoms with Crippen molar-refractivity contribution in [1.29, 1.82) is 0 Å². The standard InChI is InChI=1S/C22H26N4O3/c1-29-14-13-26-19-7-3-2-6-18(19)24-22(21(26)28)8-11-25(12-9-22)20(27)15-17-5-4-10-23-16-17/h2-7,10,16,24H,8-9,11-15H2,1H3. The number of carbonyl (C=O) groups is 2. The van der Waals surface area contributed by atoms with E-state index in [9.17, 15) is 9.59 Å². The summed E-state index contributed by atoms with van der Waals surface area (Å²) in [6.07, 6.45) is 4.93. The first-order valence-corrected chi connectivity index (χ1v) is 9.98. The van der Waals surface area contributed by atoms with E-state index in [2.05, 4.69) is 10.3 Å². The lowest BCUT2D eigenvalue weighted by atomic mass is 9.83. The van der Waals surface area contributed by atoms with Crippen molar-refractivity contribution < 1.29 is 14.3 Å². The predicted molar refractivity (Wildman–Crippen MR) is 111 cm³/mol. The van der Waals surface area contributed by atoms with Crippen LogP contribution in [0.15, 0.2) is 48.8 Å². The highest BCUT2D eigenvalue weighted by Crippen LogP contribution is 2.39. The van der Waals surface area contributed by atoms with Crippen LogP contribution in [0.5, 0.6) is 0 Å². The van der Waals surface area contributed by atoms with Crippen molar-refractivity contribution >= 4 is 23.2 Å². The van der Waals surface area contributed by atoms with Gasteiger partial charge in [0.15, 0.2) is 0 Å². The summed E-state index contributed by atoms with van der Waals surface area (Å²) in [4.78, 5) is 33.9. The molecular weight excluding hydrogens is 368 g/mol. The van der Waals surface area contributed by atoms with Crippen LogP contribution in [-0.4, -0.2) is 60.6 Å². The van der Waals surface area contributed by atoms with Crippen molar-refractivity contribution in [3.63, 3.8) is 0 Å². The minimum Gasteiger partial charge on any atom is -0.383 e. The zero-order valence-corrected chi connectivity index (χ0v) is 16.6. The van der Waals surface area contributed by atoms with Crippen LogP contribution in [-0.2, 0) is 20.7 Å². The number of nitrogens with zero attached hydrogens (tertiary/aromatic N) is 3. The molecule has 1 aromatic heterocycles. The van der Waals surface area contributed by atoms with Crippen molar-refractivity contribution in [2.45, 2.75) is 24.8 Å². The molecule has 2 aromatic rings. The molecule has 152 valence electrons. The molecule has 29 heavy (non-hydrogen) atoms. The third-order valence-corrected chi connectivity index (χ3v) is 5.79. The smallest absolute Gasteiger partial charge is 0.252 e. The van der Waals surface area contributed by atoms with E-state index in [4.69, 9.17) is 4.74 Å². The Morgan fingerprint density at radius 3 is 2.72 bits per heavy atom. The minimum absolute atomic E-state index is 0.0626. The topological polar surface area (TPSA) is 74.8 Å². The van der Waals surface area contributed by atoms with E-state index in [1.807, 2.05) is 46.2 Å². The third-order valence-electron chi connectivity index (χ3n) is 5.79. The summed E-state index contributed by atoms with van der Waals surface area (Å²) >= 11 is 0. The summed E-state index contributed by atoms with van der Waals surface area (Å²) < 4.78 is 5.22. The molecule has 1 N–H and O–H groups in total. The zero-order valence-electron chi connectivity index (χ0n) is 16.6. The Balaban J connectivity index is 1.48. The molecule has 1 saturated heterocycles. The number of anilines is 2. The van der Waals surface area contributed by atoms with Gasteiger partial charge in [-0.1, -0.05) is 18.2 Å².